The topological polar surface area (TPSA) is 52.6 Å². The molecule has 0 bridgehead atoms. The van der Waals surface area contributed by atoms with Gasteiger partial charge >= 0.3 is 11.9 Å². The molecular formula is C23H40O4. The molecule has 0 heterocycles. The third-order valence-electron chi connectivity index (χ3n) is 5.39. The van der Waals surface area contributed by atoms with Crippen molar-refractivity contribution < 1.29 is 19.1 Å². The van der Waals surface area contributed by atoms with E-state index in [0.29, 0.717) is 30.8 Å². The highest BCUT2D eigenvalue weighted by molar-refractivity contribution is 6.00. The zero-order valence-electron chi connectivity index (χ0n) is 17.8. The Morgan fingerprint density at radius 1 is 0.741 bits per heavy atom. The lowest BCUT2D eigenvalue weighted by molar-refractivity contribution is -0.142. The van der Waals surface area contributed by atoms with Gasteiger partial charge in [-0.1, -0.05) is 64.7 Å². The first-order valence-corrected chi connectivity index (χ1v) is 11.2. The lowest BCUT2D eigenvalue weighted by Gasteiger charge is -2.18. The number of carbonyl (C=O) groups is 2. The molecule has 1 aliphatic carbocycles. The Hall–Kier alpha value is -1.32. The van der Waals surface area contributed by atoms with Gasteiger partial charge in [-0.3, -0.25) is 0 Å². The molecule has 0 atom stereocenters. The van der Waals surface area contributed by atoms with Crippen molar-refractivity contribution in [3.63, 3.8) is 0 Å². The van der Waals surface area contributed by atoms with Gasteiger partial charge in [-0.25, -0.2) is 9.59 Å². The van der Waals surface area contributed by atoms with Crippen LogP contribution in [0.3, 0.4) is 0 Å². The maximum atomic E-state index is 12.6. The third-order valence-corrected chi connectivity index (χ3v) is 5.39. The predicted octanol–water partition coefficient (Wildman–Crippen LogP) is 6.13. The number of unbranched alkanes of at least 4 members (excludes halogenated alkanes) is 7. The van der Waals surface area contributed by atoms with Crippen molar-refractivity contribution in [1.82, 2.24) is 0 Å². The van der Waals surface area contributed by atoms with Crippen LogP contribution in [0.25, 0.3) is 0 Å². The lowest BCUT2D eigenvalue weighted by Crippen LogP contribution is -2.21. The molecule has 0 amide bonds. The Morgan fingerprint density at radius 3 is 1.81 bits per heavy atom. The van der Waals surface area contributed by atoms with E-state index in [1.807, 2.05) is 13.8 Å². The van der Waals surface area contributed by atoms with Gasteiger partial charge in [0.1, 0.15) is 0 Å². The van der Waals surface area contributed by atoms with E-state index in [2.05, 4.69) is 6.92 Å². The first-order chi connectivity index (χ1) is 13.2. The van der Waals surface area contributed by atoms with Crippen LogP contribution in [0.1, 0.15) is 104 Å². The first-order valence-electron chi connectivity index (χ1n) is 11.2. The lowest BCUT2D eigenvalue weighted by atomic mass is 9.90. The van der Waals surface area contributed by atoms with Gasteiger partial charge in [0.15, 0.2) is 0 Å². The maximum Gasteiger partial charge on any atom is 0.334 e. The summed E-state index contributed by atoms with van der Waals surface area (Å²) in [5, 5.41) is 0. The van der Waals surface area contributed by atoms with Crippen LogP contribution in [0.5, 0.6) is 0 Å². The van der Waals surface area contributed by atoms with Crippen LogP contribution in [-0.4, -0.2) is 25.2 Å². The number of hydrogen-bond donors (Lipinski definition) is 0. The molecule has 0 saturated heterocycles. The van der Waals surface area contributed by atoms with Crippen LogP contribution < -0.4 is 0 Å². The summed E-state index contributed by atoms with van der Waals surface area (Å²) in [4.78, 5) is 25.2. The fourth-order valence-electron chi connectivity index (χ4n) is 3.96. The Bertz CT molecular complexity index is 461. The molecule has 156 valence electrons. The number of hydrogen-bond acceptors (Lipinski definition) is 4. The highest BCUT2D eigenvalue weighted by atomic mass is 16.5. The van der Waals surface area contributed by atoms with Gasteiger partial charge in [-0.15, -0.1) is 0 Å². The molecule has 0 aromatic rings. The molecule has 1 fully saturated rings. The van der Waals surface area contributed by atoms with Crippen LogP contribution in [-0.2, 0) is 19.1 Å². The van der Waals surface area contributed by atoms with Gasteiger partial charge < -0.3 is 9.47 Å². The normalized spacial score (nSPS) is 15.5. The molecule has 1 saturated carbocycles. The zero-order chi connectivity index (χ0) is 19.9. The second-order valence-corrected chi connectivity index (χ2v) is 7.54. The average Bonchev–Trinajstić information content (AvgIpc) is 3.17. The summed E-state index contributed by atoms with van der Waals surface area (Å²) in [6.45, 7) is 6.52. The monoisotopic (exact) mass is 380 g/mol. The van der Waals surface area contributed by atoms with Crippen LogP contribution in [0.2, 0.25) is 0 Å². The molecule has 4 heteroatoms. The summed E-state index contributed by atoms with van der Waals surface area (Å²) in [6.07, 6.45) is 14.5. The van der Waals surface area contributed by atoms with E-state index in [-0.39, 0.29) is 17.9 Å². The molecule has 0 radical (unpaired) electrons. The van der Waals surface area contributed by atoms with Crippen molar-refractivity contribution in [3.8, 4) is 0 Å². The van der Waals surface area contributed by atoms with Crippen LogP contribution in [0, 0.1) is 5.92 Å². The summed E-state index contributed by atoms with van der Waals surface area (Å²) >= 11 is 0. The Morgan fingerprint density at radius 2 is 1.26 bits per heavy atom. The summed E-state index contributed by atoms with van der Waals surface area (Å²) in [7, 11) is 0. The molecule has 4 nitrogen and oxygen atoms in total. The number of rotatable bonds is 14. The molecule has 0 aliphatic heterocycles. The molecule has 0 aromatic carbocycles. The minimum atomic E-state index is -0.324. The molecular weight excluding hydrogens is 340 g/mol. The van der Waals surface area contributed by atoms with E-state index in [0.717, 1.165) is 38.5 Å². The van der Waals surface area contributed by atoms with E-state index < -0.39 is 0 Å². The third kappa shape index (κ3) is 8.94. The van der Waals surface area contributed by atoms with Crippen molar-refractivity contribution in [2.75, 3.05) is 13.2 Å². The Labute approximate surface area is 166 Å². The van der Waals surface area contributed by atoms with Gasteiger partial charge in [0.2, 0.25) is 0 Å². The Kier molecular flexibility index (Phi) is 12.9. The smallest absolute Gasteiger partial charge is 0.334 e. The summed E-state index contributed by atoms with van der Waals surface area (Å²) < 4.78 is 10.6. The summed E-state index contributed by atoms with van der Waals surface area (Å²) in [6, 6.07) is 0. The average molecular weight is 381 g/mol. The van der Waals surface area contributed by atoms with Crippen molar-refractivity contribution in [2.45, 2.75) is 104 Å². The van der Waals surface area contributed by atoms with Crippen molar-refractivity contribution in [3.05, 3.63) is 11.1 Å². The minimum Gasteiger partial charge on any atom is -0.463 e. The van der Waals surface area contributed by atoms with Crippen LogP contribution in [0.15, 0.2) is 11.1 Å². The second kappa shape index (κ2) is 14.7. The highest BCUT2D eigenvalue weighted by Gasteiger charge is 2.31. The van der Waals surface area contributed by atoms with Gasteiger partial charge in [-0.05, 0) is 45.4 Å². The van der Waals surface area contributed by atoms with Crippen molar-refractivity contribution in [1.29, 1.82) is 0 Å². The predicted molar refractivity (Wildman–Crippen MR) is 109 cm³/mol. The second-order valence-electron chi connectivity index (χ2n) is 7.54. The highest BCUT2D eigenvalue weighted by Crippen LogP contribution is 2.35. The first kappa shape index (κ1) is 23.7. The number of carbonyl (C=O) groups excluding carboxylic acids is 2. The van der Waals surface area contributed by atoms with E-state index in [1.54, 1.807) is 0 Å². The van der Waals surface area contributed by atoms with Crippen LogP contribution >= 0.6 is 0 Å². The largest absolute Gasteiger partial charge is 0.463 e. The molecule has 1 aliphatic rings. The molecule has 0 aromatic heterocycles. The SMILES string of the molecule is CCCCCCCCCC/C(C(=O)OCC)=C(/C(=O)OCC)C1CCCC1. The molecule has 1 rings (SSSR count). The maximum absolute atomic E-state index is 12.6. The van der Waals surface area contributed by atoms with Gasteiger partial charge in [0.05, 0.1) is 18.8 Å². The van der Waals surface area contributed by atoms with Gasteiger partial charge in [0.25, 0.3) is 0 Å². The zero-order valence-corrected chi connectivity index (χ0v) is 17.8. The van der Waals surface area contributed by atoms with Gasteiger partial charge in [0, 0.05) is 5.57 Å². The summed E-state index contributed by atoms with van der Waals surface area (Å²) in [5.41, 5.74) is 1.18. The summed E-state index contributed by atoms with van der Waals surface area (Å²) in [5.74, 6) is -0.486. The Balaban J connectivity index is 2.74. The molecule has 27 heavy (non-hydrogen) atoms. The van der Waals surface area contributed by atoms with Crippen molar-refractivity contribution >= 4 is 11.9 Å². The van der Waals surface area contributed by atoms with E-state index in [4.69, 9.17) is 9.47 Å². The fraction of sp³-hybridized carbons (Fsp3) is 0.826. The molecule has 0 spiro atoms. The van der Waals surface area contributed by atoms with E-state index in [1.165, 1.54) is 38.5 Å². The molecule has 0 unspecified atom stereocenters. The molecule has 0 N–H and O–H groups in total. The quantitative estimate of drug-likeness (QED) is 0.207. The standard InChI is InChI=1S/C23H40O4/c1-4-7-8-9-10-11-12-13-18-20(22(24)26-5-2)21(23(25)27-6-3)19-16-14-15-17-19/h19H,4-18H2,1-3H3/b21-20-. The van der Waals surface area contributed by atoms with Crippen LogP contribution in [0.4, 0.5) is 0 Å². The van der Waals surface area contributed by atoms with E-state index in [9.17, 15) is 9.59 Å². The number of esters is 2. The minimum absolute atomic E-state index is 0.150. The fourth-order valence-corrected chi connectivity index (χ4v) is 3.96. The van der Waals surface area contributed by atoms with E-state index >= 15 is 0 Å². The number of ether oxygens (including phenoxy) is 2. The van der Waals surface area contributed by atoms with Gasteiger partial charge in [-0.2, -0.15) is 0 Å². The van der Waals surface area contributed by atoms with Crippen molar-refractivity contribution in [2.24, 2.45) is 5.92 Å².